The van der Waals surface area contributed by atoms with E-state index < -0.39 is 26.1 Å². The van der Waals surface area contributed by atoms with Crippen molar-refractivity contribution in [3.05, 3.63) is 100 Å². The second-order valence-electron chi connectivity index (χ2n) is 8.36. The summed E-state index contributed by atoms with van der Waals surface area (Å²) in [7, 11) is -8.71. The molecule has 0 aliphatic carbocycles. The van der Waals surface area contributed by atoms with E-state index in [0.29, 0.717) is 33.9 Å². The number of rotatable bonds is 7. The van der Waals surface area contributed by atoms with Gasteiger partial charge in [0.05, 0.1) is 38.0 Å². The summed E-state index contributed by atoms with van der Waals surface area (Å²) < 4.78 is 64.4. The van der Waals surface area contributed by atoms with Gasteiger partial charge in [-0.3, -0.25) is 23.8 Å². The molecule has 1 aliphatic rings. The standard InChI is InChI=1S/C25H22N4O8S2/c1-16-22(24(30)28(26-16)18-8-12-20(13-9-18)38(32,33)34)6-4-3-5-7-23-17(2)27-29(25(23)31)19-10-14-21(15-11-19)39(35,36)37/h3-15,26H,1-2H3,(H,32,33,34)(H,35,36,37)/b5-3+,6-4+,23-7+. The fourth-order valence-electron chi connectivity index (χ4n) is 3.72. The third kappa shape index (κ3) is 5.88. The average molecular weight is 571 g/mol. The first-order valence-electron chi connectivity index (χ1n) is 11.2. The Morgan fingerprint density at radius 1 is 0.795 bits per heavy atom. The molecular formula is C25H22N4O8S2. The van der Waals surface area contributed by atoms with Gasteiger partial charge >= 0.3 is 0 Å². The Bertz CT molecular complexity index is 1840. The smallest absolute Gasteiger partial charge is 0.294 e. The van der Waals surface area contributed by atoms with Crippen molar-refractivity contribution in [1.82, 2.24) is 9.78 Å². The number of carbonyl (C=O) groups is 1. The van der Waals surface area contributed by atoms with Crippen LogP contribution in [0, 0.1) is 6.92 Å². The van der Waals surface area contributed by atoms with Gasteiger partial charge in [-0.1, -0.05) is 18.2 Å². The first kappa shape index (κ1) is 27.7. The molecule has 0 saturated carbocycles. The number of anilines is 1. The molecule has 3 N–H and O–H groups in total. The Hall–Kier alpha value is -4.37. The zero-order valence-corrected chi connectivity index (χ0v) is 22.1. The fraction of sp³-hybridized carbons (Fsp3) is 0.0800. The van der Waals surface area contributed by atoms with Crippen LogP contribution in [0.2, 0.25) is 0 Å². The topological polar surface area (TPSA) is 179 Å². The molecule has 0 atom stereocenters. The van der Waals surface area contributed by atoms with Crippen molar-refractivity contribution < 1.29 is 30.7 Å². The van der Waals surface area contributed by atoms with Crippen LogP contribution in [0.1, 0.15) is 18.2 Å². The fourth-order valence-corrected chi connectivity index (χ4v) is 4.68. The van der Waals surface area contributed by atoms with Crippen LogP contribution >= 0.6 is 0 Å². The number of hydrazone groups is 1. The highest BCUT2D eigenvalue weighted by Crippen LogP contribution is 2.25. The zero-order valence-electron chi connectivity index (χ0n) is 20.5. The maximum atomic E-state index is 12.8. The van der Waals surface area contributed by atoms with E-state index in [2.05, 4.69) is 10.2 Å². The van der Waals surface area contributed by atoms with Crippen molar-refractivity contribution in [2.75, 3.05) is 5.01 Å². The van der Waals surface area contributed by atoms with Crippen molar-refractivity contribution in [3.8, 4) is 5.69 Å². The molecular weight excluding hydrogens is 548 g/mol. The summed E-state index contributed by atoms with van der Waals surface area (Å²) in [5.74, 6) is -0.426. The molecule has 14 heteroatoms. The average Bonchev–Trinajstić information content (AvgIpc) is 3.32. The third-order valence-corrected chi connectivity index (χ3v) is 7.44. The molecule has 202 valence electrons. The van der Waals surface area contributed by atoms with Crippen molar-refractivity contribution in [2.24, 2.45) is 5.10 Å². The van der Waals surface area contributed by atoms with Crippen molar-refractivity contribution in [1.29, 1.82) is 0 Å². The minimum atomic E-state index is -4.36. The lowest BCUT2D eigenvalue weighted by molar-refractivity contribution is -0.114. The molecule has 2 heterocycles. The highest BCUT2D eigenvalue weighted by Gasteiger charge is 2.28. The number of benzene rings is 2. The molecule has 0 radical (unpaired) electrons. The summed E-state index contributed by atoms with van der Waals surface area (Å²) >= 11 is 0. The highest BCUT2D eigenvalue weighted by atomic mass is 32.2. The number of hydrogen-bond acceptors (Lipinski definition) is 7. The first-order valence-corrected chi connectivity index (χ1v) is 14.1. The lowest BCUT2D eigenvalue weighted by Gasteiger charge is -2.11. The van der Waals surface area contributed by atoms with E-state index >= 15 is 0 Å². The molecule has 39 heavy (non-hydrogen) atoms. The SMILES string of the molecule is CC1=NN(c2ccc(S(=O)(=O)O)cc2)C(=O)/C1=C/C=C/C=C/c1c(C)[nH]n(-c2ccc(S(=O)(=O)O)cc2)c1=O. The minimum Gasteiger partial charge on any atom is -0.295 e. The van der Waals surface area contributed by atoms with E-state index in [1.807, 2.05) is 0 Å². The Morgan fingerprint density at radius 3 is 1.87 bits per heavy atom. The van der Waals surface area contributed by atoms with Crippen LogP contribution in [0.25, 0.3) is 11.8 Å². The molecule has 0 unspecified atom stereocenters. The maximum Gasteiger partial charge on any atom is 0.294 e. The second kappa shape index (κ2) is 10.4. The Labute approximate surface area is 223 Å². The zero-order chi connectivity index (χ0) is 28.5. The monoisotopic (exact) mass is 570 g/mol. The first-order chi connectivity index (χ1) is 18.3. The Morgan fingerprint density at radius 2 is 1.33 bits per heavy atom. The predicted octanol–water partition coefficient (Wildman–Crippen LogP) is 2.89. The molecule has 1 aliphatic heterocycles. The van der Waals surface area contributed by atoms with Crippen molar-refractivity contribution in [3.63, 3.8) is 0 Å². The number of allylic oxidation sites excluding steroid dienone is 4. The lowest BCUT2D eigenvalue weighted by Crippen LogP contribution is -2.21. The maximum absolute atomic E-state index is 12.8. The number of aromatic amines is 1. The van der Waals surface area contributed by atoms with Gasteiger partial charge in [-0.25, -0.2) is 4.68 Å². The number of hydrogen-bond donors (Lipinski definition) is 3. The summed E-state index contributed by atoms with van der Waals surface area (Å²) in [5, 5.41) is 8.23. The molecule has 0 spiro atoms. The molecule has 1 aromatic heterocycles. The van der Waals surface area contributed by atoms with Crippen molar-refractivity contribution in [2.45, 2.75) is 23.6 Å². The van der Waals surface area contributed by atoms with Gasteiger partial charge in [-0.15, -0.1) is 0 Å². The van der Waals surface area contributed by atoms with Crippen LogP contribution in [0.3, 0.4) is 0 Å². The highest BCUT2D eigenvalue weighted by molar-refractivity contribution is 7.86. The second-order valence-corrected chi connectivity index (χ2v) is 11.2. The number of nitrogens with one attached hydrogen (secondary N) is 1. The van der Waals surface area contributed by atoms with Gasteiger partial charge in [0.2, 0.25) is 0 Å². The molecule has 0 saturated heterocycles. The molecule has 3 aromatic rings. The van der Waals surface area contributed by atoms with Gasteiger partial charge in [0.15, 0.2) is 0 Å². The van der Waals surface area contributed by atoms with Crippen LogP contribution in [0.4, 0.5) is 5.69 Å². The van der Waals surface area contributed by atoms with Gasteiger partial charge in [0, 0.05) is 5.69 Å². The summed E-state index contributed by atoms with van der Waals surface area (Å²) in [6.45, 7) is 3.35. The van der Waals surface area contributed by atoms with E-state index in [4.69, 9.17) is 9.11 Å². The summed E-state index contributed by atoms with van der Waals surface area (Å²) in [4.78, 5) is 25.1. The largest absolute Gasteiger partial charge is 0.295 e. The summed E-state index contributed by atoms with van der Waals surface area (Å²) in [6.07, 6.45) is 7.96. The molecule has 12 nitrogen and oxygen atoms in total. The van der Waals surface area contributed by atoms with Gasteiger partial charge in [0.25, 0.3) is 31.7 Å². The summed E-state index contributed by atoms with van der Waals surface area (Å²) in [6, 6.07) is 10.2. The molecule has 0 bridgehead atoms. The number of amides is 1. The van der Waals surface area contributed by atoms with Crippen LogP contribution in [0.15, 0.2) is 98.1 Å². The van der Waals surface area contributed by atoms with E-state index in [-0.39, 0.29) is 15.4 Å². The van der Waals surface area contributed by atoms with Gasteiger partial charge in [-0.05, 0) is 74.5 Å². The normalized spacial score (nSPS) is 15.7. The molecule has 2 aromatic carbocycles. The van der Waals surface area contributed by atoms with Crippen molar-refractivity contribution >= 4 is 43.6 Å². The van der Waals surface area contributed by atoms with E-state index in [1.165, 1.54) is 53.2 Å². The third-order valence-electron chi connectivity index (χ3n) is 5.70. The number of nitrogens with zero attached hydrogens (tertiary/aromatic N) is 3. The summed E-state index contributed by atoms with van der Waals surface area (Å²) in [5.41, 5.74) is 2.00. The van der Waals surface area contributed by atoms with Gasteiger partial charge < -0.3 is 0 Å². The van der Waals surface area contributed by atoms with E-state index in [0.717, 1.165) is 5.01 Å². The van der Waals surface area contributed by atoms with Crippen LogP contribution < -0.4 is 10.6 Å². The van der Waals surface area contributed by atoms with Gasteiger partial charge in [-0.2, -0.15) is 26.9 Å². The number of H-pyrrole nitrogens is 1. The number of aromatic nitrogens is 2. The van der Waals surface area contributed by atoms with Crippen LogP contribution in [0.5, 0.6) is 0 Å². The predicted molar refractivity (Wildman–Crippen MR) is 144 cm³/mol. The molecule has 4 rings (SSSR count). The molecule has 0 fully saturated rings. The lowest BCUT2D eigenvalue weighted by atomic mass is 10.1. The van der Waals surface area contributed by atoms with Crippen LogP contribution in [-0.2, 0) is 25.0 Å². The Balaban J connectivity index is 1.48. The van der Waals surface area contributed by atoms with E-state index in [9.17, 15) is 26.4 Å². The molecule has 1 amide bonds. The van der Waals surface area contributed by atoms with Crippen LogP contribution in [-0.4, -0.2) is 47.3 Å². The quantitative estimate of drug-likeness (QED) is 0.220. The Kier molecular flexibility index (Phi) is 7.39. The van der Waals surface area contributed by atoms with E-state index in [1.54, 1.807) is 44.2 Å². The number of aryl methyl sites for hydroxylation is 1. The number of carbonyl (C=O) groups excluding carboxylic acids is 1. The van der Waals surface area contributed by atoms with Gasteiger partial charge in [0.1, 0.15) is 0 Å². The minimum absolute atomic E-state index is 0.291.